The van der Waals surface area contributed by atoms with E-state index in [4.69, 9.17) is 0 Å². The second-order valence-electron chi connectivity index (χ2n) is 6.09. The van der Waals surface area contributed by atoms with Crippen molar-refractivity contribution in [2.75, 3.05) is 6.54 Å². The highest BCUT2D eigenvalue weighted by molar-refractivity contribution is 6.04. The lowest BCUT2D eigenvalue weighted by Crippen LogP contribution is -2.45. The first-order valence-corrected chi connectivity index (χ1v) is 7.85. The smallest absolute Gasteiger partial charge is 0.333 e. The van der Waals surface area contributed by atoms with Crippen LogP contribution in [0, 0.1) is 0 Å². The van der Waals surface area contributed by atoms with Crippen molar-refractivity contribution >= 4 is 17.8 Å². The third-order valence-corrected chi connectivity index (χ3v) is 4.34. The SMILES string of the molecule is CC1(C(=O)O)N=C(c2ccccc2)N(CC(=O)O)C1c1ccccc1. The maximum atomic E-state index is 12.0. The first-order valence-electron chi connectivity index (χ1n) is 7.85. The van der Waals surface area contributed by atoms with Gasteiger partial charge >= 0.3 is 11.9 Å². The highest BCUT2D eigenvalue weighted by Gasteiger charge is 2.52. The Morgan fingerprint density at radius 1 is 1.04 bits per heavy atom. The summed E-state index contributed by atoms with van der Waals surface area (Å²) in [6, 6.07) is 17.4. The van der Waals surface area contributed by atoms with Gasteiger partial charge in [-0.15, -0.1) is 0 Å². The van der Waals surface area contributed by atoms with Gasteiger partial charge in [-0.05, 0) is 12.5 Å². The van der Waals surface area contributed by atoms with Gasteiger partial charge < -0.3 is 15.1 Å². The Labute approximate surface area is 145 Å². The third-order valence-electron chi connectivity index (χ3n) is 4.34. The Hall–Kier alpha value is -3.15. The van der Waals surface area contributed by atoms with Gasteiger partial charge in [-0.1, -0.05) is 60.7 Å². The zero-order valence-corrected chi connectivity index (χ0v) is 13.7. The quantitative estimate of drug-likeness (QED) is 0.874. The third kappa shape index (κ3) is 2.98. The number of rotatable bonds is 5. The number of hydrogen-bond donors (Lipinski definition) is 2. The van der Waals surface area contributed by atoms with E-state index in [0.717, 1.165) is 0 Å². The minimum Gasteiger partial charge on any atom is -0.480 e. The van der Waals surface area contributed by atoms with Gasteiger partial charge in [0.2, 0.25) is 0 Å². The van der Waals surface area contributed by atoms with E-state index < -0.39 is 23.5 Å². The van der Waals surface area contributed by atoms with Crippen LogP contribution in [0.4, 0.5) is 0 Å². The van der Waals surface area contributed by atoms with Crippen LogP contribution in [0.2, 0.25) is 0 Å². The standard InChI is InChI=1S/C19H18N2O4/c1-19(18(24)25)16(13-8-4-2-5-9-13)21(12-15(22)23)17(20-19)14-10-6-3-7-11-14/h2-11,16H,12H2,1H3,(H,22,23)(H,24,25). The molecule has 0 aromatic heterocycles. The van der Waals surface area contributed by atoms with Gasteiger partial charge in [-0.3, -0.25) is 4.79 Å². The number of carboxylic acid groups (broad SMARTS) is 2. The first-order chi connectivity index (χ1) is 11.9. The minimum absolute atomic E-state index is 0.337. The summed E-state index contributed by atoms with van der Waals surface area (Å²) in [4.78, 5) is 29.5. The van der Waals surface area contributed by atoms with Crippen molar-refractivity contribution in [1.82, 2.24) is 4.90 Å². The van der Waals surface area contributed by atoms with Gasteiger partial charge in [0.1, 0.15) is 12.4 Å². The van der Waals surface area contributed by atoms with Crippen LogP contribution in [0.15, 0.2) is 65.7 Å². The summed E-state index contributed by atoms with van der Waals surface area (Å²) in [5.74, 6) is -1.76. The predicted molar refractivity (Wildman–Crippen MR) is 92.5 cm³/mol. The molecule has 128 valence electrons. The Kier molecular flexibility index (Phi) is 4.27. The number of amidine groups is 1. The summed E-state index contributed by atoms with van der Waals surface area (Å²) in [5, 5.41) is 19.2. The summed E-state index contributed by atoms with van der Waals surface area (Å²) < 4.78 is 0. The fourth-order valence-electron chi connectivity index (χ4n) is 3.21. The maximum Gasteiger partial charge on any atom is 0.333 e. The molecule has 1 aliphatic heterocycles. The molecule has 2 atom stereocenters. The van der Waals surface area contributed by atoms with Gasteiger partial charge in [-0.25, -0.2) is 9.79 Å². The van der Waals surface area contributed by atoms with Crippen LogP contribution in [0.3, 0.4) is 0 Å². The lowest BCUT2D eigenvalue weighted by atomic mass is 9.87. The molecule has 0 radical (unpaired) electrons. The fraction of sp³-hybridized carbons (Fsp3) is 0.211. The lowest BCUT2D eigenvalue weighted by molar-refractivity contribution is -0.145. The first kappa shape index (κ1) is 16.7. The lowest BCUT2D eigenvalue weighted by Gasteiger charge is -2.32. The van der Waals surface area contributed by atoms with Crippen LogP contribution < -0.4 is 0 Å². The van der Waals surface area contributed by atoms with E-state index >= 15 is 0 Å². The molecule has 0 aliphatic carbocycles. The van der Waals surface area contributed by atoms with Crippen molar-refractivity contribution in [2.45, 2.75) is 18.5 Å². The normalized spacial score (nSPS) is 22.5. The summed E-state index contributed by atoms with van der Waals surface area (Å²) in [6.07, 6.45) is 0. The molecule has 0 spiro atoms. The molecule has 6 nitrogen and oxygen atoms in total. The Bertz CT molecular complexity index is 820. The van der Waals surface area contributed by atoms with Crippen molar-refractivity contribution in [3.05, 3.63) is 71.8 Å². The van der Waals surface area contributed by atoms with Gasteiger partial charge in [0, 0.05) is 5.56 Å². The van der Waals surface area contributed by atoms with E-state index in [9.17, 15) is 19.8 Å². The monoisotopic (exact) mass is 338 g/mol. The van der Waals surface area contributed by atoms with E-state index in [1.807, 2.05) is 24.3 Å². The van der Waals surface area contributed by atoms with E-state index in [1.165, 1.54) is 6.92 Å². The molecule has 6 heteroatoms. The minimum atomic E-state index is -1.48. The number of aliphatic imine (C=N–C) groups is 1. The molecular formula is C19H18N2O4. The molecule has 0 fully saturated rings. The summed E-state index contributed by atoms with van der Waals surface area (Å²) in [5.41, 5.74) is -0.0832. The highest BCUT2D eigenvalue weighted by Crippen LogP contribution is 2.41. The molecule has 0 saturated heterocycles. The topological polar surface area (TPSA) is 90.2 Å². The van der Waals surface area contributed by atoms with Crippen molar-refractivity contribution in [3.8, 4) is 0 Å². The second kappa shape index (κ2) is 6.39. The number of nitrogens with zero attached hydrogens (tertiary/aromatic N) is 2. The number of benzene rings is 2. The maximum absolute atomic E-state index is 12.0. The zero-order valence-electron chi connectivity index (χ0n) is 13.7. The van der Waals surface area contributed by atoms with Crippen LogP contribution in [-0.2, 0) is 9.59 Å². The number of aliphatic carboxylic acids is 2. The molecule has 0 saturated carbocycles. The number of carboxylic acids is 2. The van der Waals surface area contributed by atoms with E-state index in [-0.39, 0.29) is 6.54 Å². The highest BCUT2D eigenvalue weighted by atomic mass is 16.4. The van der Waals surface area contributed by atoms with Gasteiger partial charge in [0.05, 0.1) is 6.04 Å². The number of hydrogen-bond acceptors (Lipinski definition) is 4. The van der Waals surface area contributed by atoms with Gasteiger partial charge in [0.25, 0.3) is 0 Å². The summed E-state index contributed by atoms with van der Waals surface area (Å²) in [7, 11) is 0. The molecular weight excluding hydrogens is 320 g/mol. The summed E-state index contributed by atoms with van der Waals surface area (Å²) >= 11 is 0. The van der Waals surface area contributed by atoms with E-state index in [0.29, 0.717) is 17.0 Å². The molecule has 0 bridgehead atoms. The predicted octanol–water partition coefficient (Wildman–Crippen LogP) is 2.42. The van der Waals surface area contributed by atoms with Crippen LogP contribution in [0.5, 0.6) is 0 Å². The average molecular weight is 338 g/mol. The molecule has 2 aromatic carbocycles. The van der Waals surface area contributed by atoms with Crippen LogP contribution in [0.25, 0.3) is 0 Å². The second-order valence-corrected chi connectivity index (χ2v) is 6.09. The van der Waals surface area contributed by atoms with Crippen molar-refractivity contribution in [2.24, 2.45) is 4.99 Å². The summed E-state index contributed by atoms with van der Waals surface area (Å²) in [6.45, 7) is 1.19. The Balaban J connectivity index is 2.17. The molecule has 0 amide bonds. The van der Waals surface area contributed by atoms with Crippen LogP contribution >= 0.6 is 0 Å². The number of carbonyl (C=O) groups is 2. The average Bonchev–Trinajstić information content (AvgIpc) is 2.90. The largest absolute Gasteiger partial charge is 0.480 e. The molecule has 25 heavy (non-hydrogen) atoms. The Morgan fingerprint density at radius 3 is 2.12 bits per heavy atom. The van der Waals surface area contributed by atoms with Crippen molar-refractivity contribution in [1.29, 1.82) is 0 Å². The van der Waals surface area contributed by atoms with Crippen molar-refractivity contribution in [3.63, 3.8) is 0 Å². The van der Waals surface area contributed by atoms with Crippen LogP contribution in [-0.4, -0.2) is 45.0 Å². The van der Waals surface area contributed by atoms with Crippen LogP contribution in [0.1, 0.15) is 24.1 Å². The molecule has 2 unspecified atom stereocenters. The van der Waals surface area contributed by atoms with Gasteiger partial charge in [0.15, 0.2) is 5.54 Å². The molecule has 2 N–H and O–H groups in total. The Morgan fingerprint density at radius 2 is 1.60 bits per heavy atom. The van der Waals surface area contributed by atoms with Crippen molar-refractivity contribution < 1.29 is 19.8 Å². The van der Waals surface area contributed by atoms with E-state index in [2.05, 4.69) is 4.99 Å². The fourth-order valence-corrected chi connectivity index (χ4v) is 3.21. The molecule has 3 rings (SSSR count). The van der Waals surface area contributed by atoms with E-state index in [1.54, 1.807) is 41.3 Å². The molecule has 1 heterocycles. The molecule has 2 aromatic rings. The van der Waals surface area contributed by atoms with Gasteiger partial charge in [-0.2, -0.15) is 0 Å². The zero-order chi connectivity index (χ0) is 18.0. The molecule has 1 aliphatic rings.